The van der Waals surface area contributed by atoms with E-state index in [2.05, 4.69) is 10.1 Å². The fourth-order valence-corrected chi connectivity index (χ4v) is 2.93. The van der Waals surface area contributed by atoms with Crippen molar-refractivity contribution in [3.63, 3.8) is 0 Å². The summed E-state index contributed by atoms with van der Waals surface area (Å²) in [6, 6.07) is 13.2. The normalized spacial score (nSPS) is 12.3. The van der Waals surface area contributed by atoms with Gasteiger partial charge in [0.25, 0.3) is 5.56 Å². The lowest BCUT2D eigenvalue weighted by Crippen LogP contribution is -2.23. The molecule has 4 rings (SSSR count). The van der Waals surface area contributed by atoms with Gasteiger partial charge in [-0.1, -0.05) is 41.7 Å². The highest BCUT2D eigenvalue weighted by molar-refractivity contribution is 7.15. The van der Waals surface area contributed by atoms with Gasteiger partial charge in [-0.3, -0.25) is 4.79 Å². The third-order valence-electron chi connectivity index (χ3n) is 3.03. The molecule has 0 saturated carbocycles. The molecule has 1 aromatic carbocycles. The molecule has 0 atom stereocenters. The van der Waals surface area contributed by atoms with Crippen molar-refractivity contribution in [2.45, 2.75) is 0 Å². The maximum atomic E-state index is 12.3. The summed E-state index contributed by atoms with van der Waals surface area (Å²) in [5.41, 5.74) is 0.713. The Bertz CT molecular complexity index is 1000. The van der Waals surface area contributed by atoms with Crippen molar-refractivity contribution in [2.75, 3.05) is 0 Å². The molecule has 0 radical (unpaired) electrons. The maximum absolute atomic E-state index is 12.3. The summed E-state index contributed by atoms with van der Waals surface area (Å²) in [4.78, 5) is 17.3. The molecule has 3 heterocycles. The molecule has 102 valence electrons. The van der Waals surface area contributed by atoms with E-state index in [0.29, 0.717) is 21.1 Å². The lowest BCUT2D eigenvalue weighted by atomic mass is 10.2. The molecule has 0 fully saturated rings. The monoisotopic (exact) mass is 295 g/mol. The Balaban J connectivity index is 1.87. The van der Waals surface area contributed by atoms with Crippen molar-refractivity contribution >= 4 is 22.4 Å². The Labute approximate surface area is 122 Å². The third kappa shape index (κ3) is 2.05. The molecule has 3 aromatic heterocycles. The number of hydrogen-bond donors (Lipinski definition) is 0. The summed E-state index contributed by atoms with van der Waals surface area (Å²) in [5, 5.41) is 4.29. The van der Waals surface area contributed by atoms with Gasteiger partial charge < -0.3 is 4.42 Å². The first-order valence-corrected chi connectivity index (χ1v) is 7.13. The Morgan fingerprint density at radius 2 is 2.00 bits per heavy atom. The lowest BCUT2D eigenvalue weighted by molar-refractivity contribution is 0.556. The number of rotatable bonds is 2. The molecule has 0 N–H and O–H groups in total. The average molecular weight is 295 g/mol. The fourth-order valence-electron chi connectivity index (χ4n) is 2.05. The smallest absolute Gasteiger partial charge is 0.291 e. The minimum atomic E-state index is -0.180. The molecule has 5 nitrogen and oxygen atoms in total. The van der Waals surface area contributed by atoms with Crippen LogP contribution in [0, 0.1) is 0 Å². The molecule has 21 heavy (non-hydrogen) atoms. The molecule has 6 heteroatoms. The predicted octanol–water partition coefficient (Wildman–Crippen LogP) is 1.96. The standard InChI is InChI=1S/C15H9N3O2S/c19-14-12(9-11-7-4-8-20-11)21-15-16-13(17-18(14)15)10-5-2-1-3-6-10/h1-9H. The van der Waals surface area contributed by atoms with E-state index >= 15 is 0 Å². The van der Waals surface area contributed by atoms with Crippen LogP contribution in [-0.4, -0.2) is 14.6 Å². The Morgan fingerprint density at radius 1 is 1.14 bits per heavy atom. The van der Waals surface area contributed by atoms with Crippen LogP contribution >= 0.6 is 11.3 Å². The second-order valence-corrected chi connectivity index (χ2v) is 5.44. The quantitative estimate of drug-likeness (QED) is 0.567. The number of hydrogen-bond acceptors (Lipinski definition) is 5. The van der Waals surface area contributed by atoms with E-state index in [0.717, 1.165) is 5.56 Å². The molecule has 0 unspecified atom stereocenters. The third-order valence-corrected chi connectivity index (χ3v) is 3.99. The van der Waals surface area contributed by atoms with E-state index < -0.39 is 0 Å². The second kappa shape index (κ2) is 4.68. The zero-order valence-corrected chi connectivity index (χ0v) is 11.6. The lowest BCUT2D eigenvalue weighted by Gasteiger charge is -1.91. The molecule has 4 aromatic rings. The summed E-state index contributed by atoms with van der Waals surface area (Å²) < 4.78 is 7.11. The second-order valence-electron chi connectivity index (χ2n) is 4.43. The average Bonchev–Trinajstić information content (AvgIpc) is 3.21. The number of furan rings is 1. The van der Waals surface area contributed by atoms with E-state index in [-0.39, 0.29) is 5.56 Å². The number of benzene rings is 1. The van der Waals surface area contributed by atoms with Gasteiger partial charge in [-0.05, 0) is 12.1 Å². The molecule has 0 spiro atoms. The van der Waals surface area contributed by atoms with Gasteiger partial charge in [0.1, 0.15) is 10.3 Å². The number of thiazole rings is 1. The highest BCUT2D eigenvalue weighted by atomic mass is 32.1. The van der Waals surface area contributed by atoms with Crippen LogP contribution in [-0.2, 0) is 0 Å². The van der Waals surface area contributed by atoms with E-state index in [4.69, 9.17) is 4.42 Å². The van der Waals surface area contributed by atoms with E-state index in [1.54, 1.807) is 24.5 Å². The first-order chi connectivity index (χ1) is 10.3. The molecular weight excluding hydrogens is 286 g/mol. The van der Waals surface area contributed by atoms with Gasteiger partial charge in [0.2, 0.25) is 4.96 Å². The van der Waals surface area contributed by atoms with Crippen LogP contribution in [0.4, 0.5) is 0 Å². The summed E-state index contributed by atoms with van der Waals surface area (Å²) in [6.07, 6.45) is 3.27. The van der Waals surface area contributed by atoms with Crippen molar-refractivity contribution in [1.82, 2.24) is 14.6 Å². The minimum absolute atomic E-state index is 0.180. The zero-order valence-electron chi connectivity index (χ0n) is 10.8. The van der Waals surface area contributed by atoms with Gasteiger partial charge in [0, 0.05) is 11.6 Å². The van der Waals surface area contributed by atoms with Crippen LogP contribution in [0.3, 0.4) is 0 Å². The minimum Gasteiger partial charge on any atom is -0.465 e. The first kappa shape index (κ1) is 12.0. The SMILES string of the molecule is O=c1c(=Cc2ccco2)sc2nc(-c3ccccc3)nn12. The largest absolute Gasteiger partial charge is 0.465 e. The Morgan fingerprint density at radius 3 is 2.71 bits per heavy atom. The summed E-state index contributed by atoms with van der Waals surface area (Å²) in [5.74, 6) is 1.20. The molecule has 0 bridgehead atoms. The Hall–Kier alpha value is -2.73. The van der Waals surface area contributed by atoms with Crippen LogP contribution in [0.2, 0.25) is 0 Å². The van der Waals surface area contributed by atoms with Gasteiger partial charge >= 0.3 is 0 Å². The molecule has 0 amide bonds. The van der Waals surface area contributed by atoms with Crippen molar-refractivity contribution in [3.8, 4) is 11.4 Å². The zero-order chi connectivity index (χ0) is 14.2. The molecule has 0 aliphatic carbocycles. The van der Waals surface area contributed by atoms with Crippen molar-refractivity contribution in [2.24, 2.45) is 0 Å². The van der Waals surface area contributed by atoms with E-state index in [9.17, 15) is 4.79 Å². The highest BCUT2D eigenvalue weighted by Gasteiger charge is 2.11. The maximum Gasteiger partial charge on any atom is 0.291 e. The van der Waals surface area contributed by atoms with Gasteiger partial charge in [-0.15, -0.1) is 5.10 Å². The van der Waals surface area contributed by atoms with Crippen LogP contribution in [0.25, 0.3) is 22.4 Å². The number of fused-ring (bicyclic) bond motifs is 1. The van der Waals surface area contributed by atoms with Crippen molar-refractivity contribution in [1.29, 1.82) is 0 Å². The predicted molar refractivity (Wildman–Crippen MR) is 80.1 cm³/mol. The van der Waals surface area contributed by atoms with Crippen LogP contribution in [0.15, 0.2) is 57.9 Å². The summed E-state index contributed by atoms with van der Waals surface area (Å²) in [7, 11) is 0. The number of nitrogens with zero attached hydrogens (tertiary/aromatic N) is 3. The molecule has 0 saturated heterocycles. The molecular formula is C15H9N3O2S. The molecule has 0 aliphatic heterocycles. The van der Waals surface area contributed by atoms with Gasteiger partial charge in [-0.25, -0.2) is 0 Å². The van der Waals surface area contributed by atoms with E-state index in [1.165, 1.54) is 15.9 Å². The van der Waals surface area contributed by atoms with Crippen LogP contribution < -0.4 is 10.1 Å². The van der Waals surface area contributed by atoms with Crippen molar-refractivity contribution < 1.29 is 4.42 Å². The highest BCUT2D eigenvalue weighted by Crippen LogP contribution is 2.15. The van der Waals surface area contributed by atoms with Crippen molar-refractivity contribution in [3.05, 3.63) is 69.4 Å². The summed E-state index contributed by atoms with van der Waals surface area (Å²) >= 11 is 1.30. The van der Waals surface area contributed by atoms with Crippen LogP contribution in [0.1, 0.15) is 5.76 Å². The van der Waals surface area contributed by atoms with E-state index in [1.807, 2.05) is 30.3 Å². The summed E-state index contributed by atoms with van der Waals surface area (Å²) in [6.45, 7) is 0. The van der Waals surface area contributed by atoms with Gasteiger partial charge in [0.05, 0.1) is 6.26 Å². The van der Waals surface area contributed by atoms with Gasteiger partial charge in [0.15, 0.2) is 5.82 Å². The first-order valence-electron chi connectivity index (χ1n) is 6.31. The molecule has 0 aliphatic rings. The topological polar surface area (TPSA) is 60.4 Å². The van der Waals surface area contributed by atoms with Gasteiger partial charge in [-0.2, -0.15) is 9.50 Å². The fraction of sp³-hybridized carbons (Fsp3) is 0. The Kier molecular flexibility index (Phi) is 2.68. The van der Waals surface area contributed by atoms with Crippen LogP contribution in [0.5, 0.6) is 0 Å². The number of aromatic nitrogens is 3.